The largest absolute Gasteiger partial charge is 0.330 e. The van der Waals surface area contributed by atoms with Crippen LogP contribution in [-0.4, -0.2) is 31.2 Å². The first-order valence-corrected chi connectivity index (χ1v) is 6.57. The Bertz CT molecular complexity index is 178. The average Bonchev–Trinajstić information content (AvgIpc) is 2.79. The minimum Gasteiger partial charge on any atom is -0.330 e. The zero-order chi connectivity index (χ0) is 10.5. The van der Waals surface area contributed by atoms with Crippen LogP contribution in [0.15, 0.2) is 0 Å². The molecule has 0 aromatic heterocycles. The van der Waals surface area contributed by atoms with Crippen molar-refractivity contribution in [2.45, 2.75) is 38.5 Å². The Labute approximate surface area is 93.4 Å². The molecule has 3 nitrogen and oxygen atoms in total. The lowest BCUT2D eigenvalue weighted by Crippen LogP contribution is -2.40. The number of hydrazine groups is 1. The predicted molar refractivity (Wildman–Crippen MR) is 63.3 cm³/mol. The summed E-state index contributed by atoms with van der Waals surface area (Å²) in [5, 5.41) is 2.39. The van der Waals surface area contributed by atoms with Crippen LogP contribution in [0.5, 0.6) is 0 Å². The van der Waals surface area contributed by atoms with E-state index in [1.165, 1.54) is 58.2 Å². The van der Waals surface area contributed by atoms with Gasteiger partial charge in [-0.3, -0.25) is 5.43 Å². The average molecular weight is 211 g/mol. The molecule has 2 aliphatic rings. The van der Waals surface area contributed by atoms with Crippen molar-refractivity contribution in [3.05, 3.63) is 0 Å². The Hall–Kier alpha value is -0.120. The Morgan fingerprint density at radius 2 is 1.80 bits per heavy atom. The third-order valence-corrected chi connectivity index (χ3v) is 3.93. The van der Waals surface area contributed by atoms with Crippen molar-refractivity contribution in [2.75, 3.05) is 26.2 Å². The molecule has 1 saturated heterocycles. The van der Waals surface area contributed by atoms with Gasteiger partial charge in [-0.25, -0.2) is 5.01 Å². The van der Waals surface area contributed by atoms with Crippen molar-refractivity contribution in [3.8, 4) is 0 Å². The second kappa shape index (κ2) is 5.83. The molecule has 0 aromatic carbocycles. The molecule has 2 unspecified atom stereocenters. The highest BCUT2D eigenvalue weighted by molar-refractivity contribution is 4.75. The minimum absolute atomic E-state index is 0.795. The van der Waals surface area contributed by atoms with E-state index in [-0.39, 0.29) is 0 Å². The number of rotatable bonds is 4. The maximum Gasteiger partial charge on any atom is 0.0131 e. The van der Waals surface area contributed by atoms with Crippen molar-refractivity contribution in [1.29, 1.82) is 0 Å². The van der Waals surface area contributed by atoms with Gasteiger partial charge < -0.3 is 5.73 Å². The topological polar surface area (TPSA) is 41.3 Å². The molecule has 0 spiro atoms. The SMILES string of the molecule is NCC1CCCC(CNN2CCCC2)C1. The number of hydrogen-bond acceptors (Lipinski definition) is 3. The minimum atomic E-state index is 0.795. The van der Waals surface area contributed by atoms with Crippen LogP contribution in [0.3, 0.4) is 0 Å². The van der Waals surface area contributed by atoms with E-state index < -0.39 is 0 Å². The molecule has 15 heavy (non-hydrogen) atoms. The maximum atomic E-state index is 5.75. The molecule has 0 aromatic rings. The summed E-state index contributed by atoms with van der Waals surface area (Å²) in [5.41, 5.74) is 9.34. The van der Waals surface area contributed by atoms with Gasteiger partial charge in [-0.1, -0.05) is 6.42 Å². The summed E-state index contributed by atoms with van der Waals surface area (Å²) >= 11 is 0. The standard InChI is InChI=1S/C12H25N3/c13-9-11-4-3-5-12(8-11)10-14-15-6-1-2-7-15/h11-12,14H,1-10,13H2. The van der Waals surface area contributed by atoms with Gasteiger partial charge in [-0.05, 0) is 50.5 Å². The van der Waals surface area contributed by atoms with Crippen molar-refractivity contribution in [2.24, 2.45) is 17.6 Å². The molecule has 0 bridgehead atoms. The van der Waals surface area contributed by atoms with Crippen LogP contribution in [-0.2, 0) is 0 Å². The molecular formula is C12H25N3. The van der Waals surface area contributed by atoms with Gasteiger partial charge in [0.05, 0.1) is 0 Å². The van der Waals surface area contributed by atoms with Gasteiger partial charge in [-0.15, -0.1) is 0 Å². The Morgan fingerprint density at radius 3 is 2.53 bits per heavy atom. The molecule has 88 valence electrons. The van der Waals surface area contributed by atoms with Gasteiger partial charge >= 0.3 is 0 Å². The molecule has 2 rings (SSSR count). The first kappa shape index (κ1) is 11.4. The van der Waals surface area contributed by atoms with E-state index in [1.807, 2.05) is 0 Å². The van der Waals surface area contributed by atoms with Gasteiger partial charge in [-0.2, -0.15) is 0 Å². The highest BCUT2D eigenvalue weighted by atomic mass is 15.5. The van der Waals surface area contributed by atoms with Crippen LogP contribution < -0.4 is 11.2 Å². The highest BCUT2D eigenvalue weighted by Gasteiger charge is 2.21. The van der Waals surface area contributed by atoms with Crippen molar-refractivity contribution < 1.29 is 0 Å². The van der Waals surface area contributed by atoms with Crippen molar-refractivity contribution in [3.63, 3.8) is 0 Å². The molecule has 0 amide bonds. The van der Waals surface area contributed by atoms with E-state index in [1.54, 1.807) is 0 Å². The van der Waals surface area contributed by atoms with E-state index in [0.29, 0.717) is 0 Å². The highest BCUT2D eigenvalue weighted by Crippen LogP contribution is 2.27. The van der Waals surface area contributed by atoms with Crippen molar-refractivity contribution >= 4 is 0 Å². The zero-order valence-corrected chi connectivity index (χ0v) is 9.75. The molecule has 1 aliphatic heterocycles. The van der Waals surface area contributed by atoms with Gasteiger partial charge in [0, 0.05) is 19.6 Å². The summed E-state index contributed by atoms with van der Waals surface area (Å²) in [7, 11) is 0. The summed E-state index contributed by atoms with van der Waals surface area (Å²) in [6.45, 7) is 4.55. The molecule has 3 N–H and O–H groups in total. The molecule has 2 atom stereocenters. The van der Waals surface area contributed by atoms with Crippen LogP contribution in [0.1, 0.15) is 38.5 Å². The lowest BCUT2D eigenvalue weighted by atomic mass is 9.81. The van der Waals surface area contributed by atoms with Crippen LogP contribution in [0.2, 0.25) is 0 Å². The van der Waals surface area contributed by atoms with E-state index >= 15 is 0 Å². The summed E-state index contributed by atoms with van der Waals surface area (Å²) in [4.78, 5) is 0. The monoisotopic (exact) mass is 211 g/mol. The molecule has 1 saturated carbocycles. The van der Waals surface area contributed by atoms with Gasteiger partial charge in [0.2, 0.25) is 0 Å². The molecular weight excluding hydrogens is 186 g/mol. The van der Waals surface area contributed by atoms with Gasteiger partial charge in [0.25, 0.3) is 0 Å². The third-order valence-electron chi connectivity index (χ3n) is 3.93. The predicted octanol–water partition coefficient (Wildman–Crippen LogP) is 1.35. The Kier molecular flexibility index (Phi) is 4.42. The van der Waals surface area contributed by atoms with E-state index in [4.69, 9.17) is 5.73 Å². The lowest BCUT2D eigenvalue weighted by molar-refractivity contribution is 0.182. The first-order chi connectivity index (χ1) is 7.38. The van der Waals surface area contributed by atoms with E-state index in [2.05, 4.69) is 10.4 Å². The Morgan fingerprint density at radius 1 is 1.07 bits per heavy atom. The smallest absolute Gasteiger partial charge is 0.0131 e. The summed E-state index contributed by atoms with van der Waals surface area (Å²) in [5.74, 6) is 1.66. The summed E-state index contributed by atoms with van der Waals surface area (Å²) < 4.78 is 0. The summed E-state index contributed by atoms with van der Waals surface area (Å²) in [6, 6.07) is 0. The quantitative estimate of drug-likeness (QED) is 0.737. The fourth-order valence-corrected chi connectivity index (χ4v) is 2.94. The van der Waals surface area contributed by atoms with Crippen molar-refractivity contribution in [1.82, 2.24) is 10.4 Å². The third kappa shape index (κ3) is 3.44. The van der Waals surface area contributed by atoms with Gasteiger partial charge in [0.15, 0.2) is 0 Å². The molecule has 1 aliphatic carbocycles. The molecule has 3 heteroatoms. The van der Waals surface area contributed by atoms with Crippen LogP contribution in [0.25, 0.3) is 0 Å². The zero-order valence-electron chi connectivity index (χ0n) is 9.75. The fraction of sp³-hybridized carbons (Fsp3) is 1.00. The van der Waals surface area contributed by atoms with Crippen LogP contribution >= 0.6 is 0 Å². The lowest BCUT2D eigenvalue weighted by Gasteiger charge is -2.30. The van der Waals surface area contributed by atoms with E-state index in [0.717, 1.165) is 18.4 Å². The second-order valence-corrected chi connectivity index (χ2v) is 5.19. The number of nitrogens with one attached hydrogen (secondary N) is 1. The van der Waals surface area contributed by atoms with Gasteiger partial charge in [0.1, 0.15) is 0 Å². The van der Waals surface area contributed by atoms with Crippen LogP contribution in [0, 0.1) is 11.8 Å². The van der Waals surface area contributed by atoms with E-state index in [9.17, 15) is 0 Å². The molecule has 2 fully saturated rings. The number of nitrogens with two attached hydrogens (primary N) is 1. The second-order valence-electron chi connectivity index (χ2n) is 5.19. The number of nitrogens with zero attached hydrogens (tertiary/aromatic N) is 1. The molecule has 0 radical (unpaired) electrons. The number of hydrogen-bond donors (Lipinski definition) is 2. The maximum absolute atomic E-state index is 5.75. The first-order valence-electron chi connectivity index (χ1n) is 6.57. The normalized spacial score (nSPS) is 33.4. The Balaban J connectivity index is 1.65. The molecule has 1 heterocycles. The summed E-state index contributed by atoms with van der Waals surface area (Å²) in [6.07, 6.45) is 8.21. The fourth-order valence-electron chi connectivity index (χ4n) is 2.94. The van der Waals surface area contributed by atoms with Crippen LogP contribution in [0.4, 0.5) is 0 Å².